The summed E-state index contributed by atoms with van der Waals surface area (Å²) in [5.41, 5.74) is 39.7. The highest BCUT2D eigenvalue weighted by molar-refractivity contribution is 7.15. The van der Waals surface area contributed by atoms with Crippen molar-refractivity contribution in [2.75, 3.05) is 0 Å². The minimum atomic E-state index is -0.00999. The fourth-order valence-electron chi connectivity index (χ4n) is 17.6. The van der Waals surface area contributed by atoms with Gasteiger partial charge >= 0.3 is 0 Å². The fourth-order valence-corrected chi connectivity index (χ4v) is 17.6. The van der Waals surface area contributed by atoms with Crippen LogP contribution in [0, 0.1) is 13.8 Å². The Morgan fingerprint density at radius 2 is 0.477 bits per heavy atom. The Kier molecular flexibility index (Phi) is 8.61. The Hall–Kier alpha value is -10.0. The van der Waals surface area contributed by atoms with Crippen molar-refractivity contribution in [2.24, 2.45) is 0 Å². The summed E-state index contributed by atoms with van der Waals surface area (Å²) >= 11 is 0. The van der Waals surface area contributed by atoms with Gasteiger partial charge < -0.3 is 18.3 Å². The number of aryl methyl sites for hydroxylation is 2. The van der Waals surface area contributed by atoms with E-state index in [1.165, 1.54) is 210 Å². The summed E-state index contributed by atoms with van der Waals surface area (Å²) in [6, 6.07) is 81.3. The van der Waals surface area contributed by atoms with Gasteiger partial charge in [-0.05, 0) is 198 Å². The van der Waals surface area contributed by atoms with E-state index < -0.39 is 0 Å². The van der Waals surface area contributed by atoms with Gasteiger partial charge in [0, 0.05) is 65.8 Å². The first-order valence-electron chi connectivity index (χ1n) is 31.6. The van der Waals surface area contributed by atoms with Crippen LogP contribution in [-0.2, 0) is 10.8 Å². The molecular weight excluding hydrogens is 1060 g/mol. The van der Waals surface area contributed by atoms with Crippen LogP contribution in [0.15, 0.2) is 206 Å². The van der Waals surface area contributed by atoms with Gasteiger partial charge in [0.05, 0.1) is 44.1 Å². The molecule has 0 saturated heterocycles. The smallest absolute Gasteiger partial charge is 0.251 e. The van der Waals surface area contributed by atoms with Crippen LogP contribution in [-0.4, -0.2) is 31.7 Å². The monoisotopic (exact) mass is 1120 g/mol. The zero-order chi connectivity index (χ0) is 58.4. The molecule has 88 heavy (non-hydrogen) atoms. The highest BCUT2D eigenvalue weighted by Crippen LogP contribution is 2.49. The van der Waals surface area contributed by atoms with E-state index in [4.69, 9.17) is 0 Å². The molecule has 0 atom stereocenters. The summed E-state index contributed by atoms with van der Waals surface area (Å²) in [6.45, 7) is 18.2. The third-order valence-corrected chi connectivity index (χ3v) is 21.7. The molecule has 5 aliphatic heterocycles. The summed E-state index contributed by atoms with van der Waals surface area (Å²) in [4.78, 5) is 0. The molecule has 16 aromatic rings. The highest BCUT2D eigenvalue weighted by atomic mass is 15.1. The third kappa shape index (κ3) is 5.77. The first kappa shape index (κ1) is 48.1. The Morgan fingerprint density at radius 3 is 0.727 bits per heavy atom. The van der Waals surface area contributed by atoms with Crippen molar-refractivity contribution in [1.29, 1.82) is 0 Å². The minimum Gasteiger partial charge on any atom is -0.310 e. The molecule has 0 aliphatic carbocycles. The molecule has 12 aromatic carbocycles. The van der Waals surface area contributed by atoms with E-state index in [2.05, 4.69) is 280 Å². The van der Waals surface area contributed by atoms with Crippen LogP contribution in [0.1, 0.15) is 63.8 Å². The van der Waals surface area contributed by atoms with E-state index in [-0.39, 0.29) is 24.3 Å². The number of hydrogen-bond donors (Lipinski definition) is 0. The van der Waals surface area contributed by atoms with Gasteiger partial charge in [-0.1, -0.05) is 174 Å². The Bertz CT molecular complexity index is 5620. The minimum absolute atomic E-state index is 0.00999. The summed E-state index contributed by atoms with van der Waals surface area (Å²) in [6.07, 6.45) is 0. The van der Waals surface area contributed by atoms with Crippen LogP contribution in [0.4, 0.5) is 0 Å². The molecule has 9 heterocycles. The van der Waals surface area contributed by atoms with Gasteiger partial charge in [0.1, 0.15) is 0 Å². The number of aromatic nitrogens is 4. The number of hydrogen-bond acceptors (Lipinski definition) is 0. The Balaban J connectivity index is 0.919. The van der Waals surface area contributed by atoms with Gasteiger partial charge in [-0.3, -0.25) is 0 Å². The van der Waals surface area contributed by atoms with E-state index in [0.29, 0.717) is 0 Å². The fraction of sp³-hybridized carbons (Fsp3) is 0.122. The lowest BCUT2D eigenvalue weighted by atomic mass is 9.18. The summed E-state index contributed by atoms with van der Waals surface area (Å²) in [5, 5.41) is 10.5. The van der Waals surface area contributed by atoms with Crippen molar-refractivity contribution in [3.63, 3.8) is 0 Å². The maximum absolute atomic E-state index is 2.71. The van der Waals surface area contributed by atoms with Crippen molar-refractivity contribution >= 4 is 133 Å². The molecule has 4 aromatic heterocycles. The van der Waals surface area contributed by atoms with Gasteiger partial charge in [-0.25, -0.2) is 0 Å². The first-order valence-corrected chi connectivity index (χ1v) is 31.6. The van der Waals surface area contributed by atoms with Gasteiger partial charge in [0.25, 0.3) is 13.4 Å². The standard InChI is InChI=1S/C82H58B2N4/c1-43-9-13-45(14-10-43)49-21-29-63-55(37-49)59-41-61-57-39-51(47-17-25-53(26-18-47)81(3,4)5)23-31-65(57)87-70-36-34-68-72-74(70)83-71-67(85(63)77(59)75(83)79(61)87)33-35-69-73(71)84(72)76-78-60(56-38-50(22-30-64(56)86(68)78)46-15-11-44(2)12-16-46)42-62-58-40-52(24-32-66(58)88(69)80(62)76)48-19-27-54(28-20-48)82(6,7)8/h9-42H,1-8H3. The van der Waals surface area contributed by atoms with Crippen LogP contribution in [0.5, 0.6) is 0 Å². The third-order valence-electron chi connectivity index (χ3n) is 21.7. The molecule has 4 nitrogen and oxygen atoms in total. The summed E-state index contributed by atoms with van der Waals surface area (Å²) in [7, 11) is 0. The average Bonchev–Trinajstić information content (AvgIpc) is 1.25. The quantitative estimate of drug-likeness (QED) is 0.157. The van der Waals surface area contributed by atoms with Gasteiger partial charge in [0.2, 0.25) is 0 Å². The number of benzene rings is 12. The summed E-state index contributed by atoms with van der Waals surface area (Å²) in [5.74, 6) is 0. The summed E-state index contributed by atoms with van der Waals surface area (Å²) < 4.78 is 10.8. The van der Waals surface area contributed by atoms with Gasteiger partial charge in [0.15, 0.2) is 0 Å². The molecule has 0 radical (unpaired) electrons. The molecule has 0 unspecified atom stereocenters. The number of rotatable bonds is 4. The van der Waals surface area contributed by atoms with Crippen LogP contribution in [0.3, 0.4) is 0 Å². The van der Waals surface area contributed by atoms with E-state index in [9.17, 15) is 0 Å². The Morgan fingerprint density at radius 1 is 0.239 bits per heavy atom. The van der Waals surface area contributed by atoms with Crippen LogP contribution >= 0.6 is 0 Å². The van der Waals surface area contributed by atoms with Crippen LogP contribution < -0.4 is 32.8 Å². The topological polar surface area (TPSA) is 19.7 Å². The van der Waals surface area contributed by atoms with E-state index in [0.717, 1.165) is 0 Å². The lowest BCUT2D eigenvalue weighted by Gasteiger charge is -2.45. The van der Waals surface area contributed by atoms with Crippen molar-refractivity contribution in [3.8, 4) is 67.3 Å². The SMILES string of the molecule is Cc1ccc(-c2ccc3c(c2)c2cc4c5cc(-c6ccc(C(C)(C)C)cc6)ccc5n5c4c4c2n3-c2ccc3c6c2B4c2c-5ccc4c2B6c2c5c(cc6c7cc(-c8ccc(C(C)(C)C)cc8)ccc7n-3c26)c2cc(-c3ccc(C)cc3)ccc2n5-4)cc1. The normalized spacial score (nSPS) is 13.9. The van der Waals surface area contributed by atoms with Gasteiger partial charge in [-0.2, -0.15) is 0 Å². The molecule has 21 rings (SSSR count). The second-order valence-corrected chi connectivity index (χ2v) is 28.5. The number of fused-ring (bicyclic) bond motifs is 16. The van der Waals surface area contributed by atoms with Crippen molar-refractivity contribution in [3.05, 3.63) is 229 Å². The van der Waals surface area contributed by atoms with E-state index in [1.54, 1.807) is 0 Å². The molecule has 412 valence electrons. The largest absolute Gasteiger partial charge is 0.310 e. The van der Waals surface area contributed by atoms with Crippen molar-refractivity contribution in [1.82, 2.24) is 18.3 Å². The number of nitrogens with zero attached hydrogens (tertiary/aromatic N) is 4. The molecule has 0 amide bonds. The molecular formula is C82H58B2N4. The second kappa shape index (κ2) is 15.7. The molecule has 6 heteroatoms. The maximum atomic E-state index is 2.71. The molecule has 0 N–H and O–H groups in total. The lowest BCUT2D eigenvalue weighted by molar-refractivity contribution is 0.590. The zero-order valence-corrected chi connectivity index (χ0v) is 50.6. The van der Waals surface area contributed by atoms with Crippen molar-refractivity contribution in [2.45, 2.75) is 66.2 Å². The maximum Gasteiger partial charge on any atom is 0.251 e. The molecule has 0 fully saturated rings. The van der Waals surface area contributed by atoms with Crippen molar-refractivity contribution < 1.29 is 0 Å². The predicted molar refractivity (Wildman–Crippen MR) is 375 cm³/mol. The second-order valence-electron chi connectivity index (χ2n) is 28.5. The Labute approximate surface area is 510 Å². The first-order chi connectivity index (χ1) is 42.7. The lowest BCUT2D eigenvalue weighted by Crippen LogP contribution is -2.80. The zero-order valence-electron chi connectivity index (χ0n) is 50.6. The van der Waals surface area contributed by atoms with Gasteiger partial charge in [-0.15, -0.1) is 0 Å². The molecule has 0 bridgehead atoms. The highest BCUT2D eigenvalue weighted by Gasteiger charge is 2.54. The van der Waals surface area contributed by atoms with Crippen LogP contribution in [0.25, 0.3) is 154 Å². The molecule has 5 aliphatic rings. The average molecular weight is 1120 g/mol. The molecule has 0 spiro atoms. The predicted octanol–water partition coefficient (Wildman–Crippen LogP) is 16.6. The van der Waals surface area contributed by atoms with Crippen LogP contribution in [0.2, 0.25) is 0 Å². The van der Waals surface area contributed by atoms with E-state index >= 15 is 0 Å². The molecule has 0 saturated carbocycles. The van der Waals surface area contributed by atoms with E-state index in [1.807, 2.05) is 0 Å².